The normalized spacial score (nSPS) is 11.4. The lowest BCUT2D eigenvalue weighted by Gasteiger charge is -2.25. The summed E-state index contributed by atoms with van der Waals surface area (Å²) >= 11 is 0. The van der Waals surface area contributed by atoms with E-state index in [9.17, 15) is 13.2 Å². The van der Waals surface area contributed by atoms with E-state index >= 15 is 0 Å². The molecule has 120 valence electrons. The largest absolute Gasteiger partial charge is 0.360 e. The molecule has 0 aliphatic heterocycles. The van der Waals surface area contributed by atoms with Crippen LogP contribution in [0.4, 0.5) is 5.82 Å². The highest BCUT2D eigenvalue weighted by Gasteiger charge is 2.25. The van der Waals surface area contributed by atoms with Gasteiger partial charge in [0, 0.05) is 19.2 Å². The topological polar surface area (TPSA) is 83.7 Å². The Morgan fingerprint density at radius 1 is 1.29 bits per heavy atom. The average molecular weight is 317 g/mol. The molecule has 0 aliphatic carbocycles. The Morgan fingerprint density at radius 2 is 1.86 bits per heavy atom. The van der Waals surface area contributed by atoms with E-state index in [0.717, 1.165) is 23.4 Å². The van der Waals surface area contributed by atoms with Gasteiger partial charge in [-0.3, -0.25) is 4.79 Å². The molecule has 0 aliphatic rings. The minimum absolute atomic E-state index is 0.135. The predicted octanol–water partition coefficient (Wildman–Crippen LogP) is 1.40. The standard InChI is InChI=1S/C13H23N3O4S/c1-5-7-15(8-6-2)13(17)10-16(21(4,18)19)12-9-11(3)20-14-12/h9H,5-8,10H2,1-4H3. The van der Waals surface area contributed by atoms with E-state index in [-0.39, 0.29) is 18.3 Å². The maximum Gasteiger partial charge on any atom is 0.243 e. The van der Waals surface area contributed by atoms with Gasteiger partial charge >= 0.3 is 0 Å². The molecular weight excluding hydrogens is 294 g/mol. The lowest BCUT2D eigenvalue weighted by atomic mass is 10.3. The molecule has 1 aromatic rings. The molecule has 0 bridgehead atoms. The Kier molecular flexibility index (Phi) is 6.19. The first-order chi connectivity index (χ1) is 9.79. The van der Waals surface area contributed by atoms with Crippen LogP contribution >= 0.6 is 0 Å². The second-order valence-corrected chi connectivity index (χ2v) is 6.85. The Balaban J connectivity index is 2.94. The Bertz CT molecular complexity index is 562. The van der Waals surface area contributed by atoms with E-state index in [4.69, 9.17) is 4.52 Å². The van der Waals surface area contributed by atoms with Crippen molar-refractivity contribution in [2.75, 3.05) is 30.2 Å². The SMILES string of the molecule is CCCN(CCC)C(=O)CN(c1cc(C)on1)S(C)(=O)=O. The number of nitrogens with zero attached hydrogens (tertiary/aromatic N) is 3. The fraction of sp³-hybridized carbons (Fsp3) is 0.692. The third-order valence-electron chi connectivity index (χ3n) is 2.89. The first-order valence-corrected chi connectivity index (χ1v) is 8.83. The molecule has 7 nitrogen and oxygen atoms in total. The molecule has 0 spiro atoms. The molecule has 0 N–H and O–H groups in total. The molecule has 21 heavy (non-hydrogen) atoms. The van der Waals surface area contributed by atoms with Crippen molar-refractivity contribution < 1.29 is 17.7 Å². The van der Waals surface area contributed by atoms with Gasteiger partial charge in [0.2, 0.25) is 15.9 Å². The van der Waals surface area contributed by atoms with Crippen LogP contribution in [0.1, 0.15) is 32.4 Å². The summed E-state index contributed by atoms with van der Waals surface area (Å²) in [4.78, 5) is 14.0. The van der Waals surface area contributed by atoms with Gasteiger partial charge in [-0.1, -0.05) is 19.0 Å². The van der Waals surface area contributed by atoms with Crippen molar-refractivity contribution in [1.29, 1.82) is 0 Å². The smallest absolute Gasteiger partial charge is 0.243 e. The van der Waals surface area contributed by atoms with Gasteiger partial charge in [0.05, 0.1) is 6.26 Å². The molecule has 1 aromatic heterocycles. The number of anilines is 1. The number of carbonyl (C=O) groups is 1. The lowest BCUT2D eigenvalue weighted by Crippen LogP contribution is -2.43. The highest BCUT2D eigenvalue weighted by Crippen LogP contribution is 2.17. The van der Waals surface area contributed by atoms with Crippen molar-refractivity contribution in [2.24, 2.45) is 0 Å². The number of hydrogen-bond acceptors (Lipinski definition) is 5. The van der Waals surface area contributed by atoms with Crippen LogP contribution in [0.3, 0.4) is 0 Å². The molecule has 0 unspecified atom stereocenters. The zero-order valence-corrected chi connectivity index (χ0v) is 13.8. The summed E-state index contributed by atoms with van der Waals surface area (Å²) in [7, 11) is -3.60. The van der Waals surface area contributed by atoms with Crippen LogP contribution in [-0.2, 0) is 14.8 Å². The van der Waals surface area contributed by atoms with Crippen molar-refractivity contribution in [2.45, 2.75) is 33.6 Å². The molecule has 0 saturated carbocycles. The minimum Gasteiger partial charge on any atom is -0.360 e. The summed E-state index contributed by atoms with van der Waals surface area (Å²) in [6.45, 7) is 6.59. The van der Waals surface area contributed by atoms with Crippen LogP contribution in [0.25, 0.3) is 0 Å². The fourth-order valence-electron chi connectivity index (χ4n) is 1.96. The van der Waals surface area contributed by atoms with Crippen LogP contribution in [0, 0.1) is 6.92 Å². The molecule has 0 fully saturated rings. The highest BCUT2D eigenvalue weighted by atomic mass is 32.2. The zero-order chi connectivity index (χ0) is 16.0. The first kappa shape index (κ1) is 17.5. The second-order valence-electron chi connectivity index (χ2n) is 4.95. The number of carbonyl (C=O) groups excluding carboxylic acids is 1. The average Bonchev–Trinajstić information content (AvgIpc) is 2.80. The number of amides is 1. The maximum atomic E-state index is 12.3. The maximum absolute atomic E-state index is 12.3. The molecule has 1 rings (SSSR count). The number of aromatic nitrogens is 1. The molecule has 0 atom stereocenters. The van der Waals surface area contributed by atoms with Crippen molar-refractivity contribution in [3.05, 3.63) is 11.8 Å². The van der Waals surface area contributed by atoms with Crippen LogP contribution in [0.5, 0.6) is 0 Å². The number of hydrogen-bond donors (Lipinski definition) is 0. The van der Waals surface area contributed by atoms with Gasteiger partial charge in [0.25, 0.3) is 0 Å². The van der Waals surface area contributed by atoms with Crippen LogP contribution in [0.2, 0.25) is 0 Å². The Hall–Kier alpha value is -1.57. The van der Waals surface area contributed by atoms with Gasteiger partial charge in [-0.25, -0.2) is 12.7 Å². The highest BCUT2D eigenvalue weighted by molar-refractivity contribution is 7.92. The molecule has 1 heterocycles. The van der Waals surface area contributed by atoms with E-state index < -0.39 is 10.0 Å². The lowest BCUT2D eigenvalue weighted by molar-refractivity contribution is -0.129. The molecule has 0 aromatic carbocycles. The van der Waals surface area contributed by atoms with Gasteiger partial charge in [-0.05, 0) is 19.8 Å². The summed E-state index contributed by atoms with van der Waals surface area (Å²) in [5, 5.41) is 3.69. The number of sulfonamides is 1. The fourth-order valence-corrected chi connectivity index (χ4v) is 2.73. The molecule has 8 heteroatoms. The monoisotopic (exact) mass is 317 g/mol. The zero-order valence-electron chi connectivity index (χ0n) is 13.0. The summed E-state index contributed by atoms with van der Waals surface area (Å²) in [5.74, 6) is 0.395. The Labute approximate surface area is 125 Å². The second kappa shape index (κ2) is 7.44. The summed E-state index contributed by atoms with van der Waals surface area (Å²) in [5.41, 5.74) is 0. The first-order valence-electron chi connectivity index (χ1n) is 6.98. The van der Waals surface area contributed by atoms with E-state index in [1.807, 2.05) is 13.8 Å². The van der Waals surface area contributed by atoms with Gasteiger partial charge < -0.3 is 9.42 Å². The van der Waals surface area contributed by atoms with Crippen molar-refractivity contribution in [1.82, 2.24) is 10.1 Å². The van der Waals surface area contributed by atoms with Gasteiger partial charge in [-0.2, -0.15) is 0 Å². The van der Waals surface area contributed by atoms with Crippen LogP contribution < -0.4 is 4.31 Å². The van der Waals surface area contributed by atoms with E-state index in [1.165, 1.54) is 6.07 Å². The van der Waals surface area contributed by atoms with Crippen LogP contribution in [0.15, 0.2) is 10.6 Å². The molecular formula is C13H23N3O4S. The van der Waals surface area contributed by atoms with E-state index in [0.29, 0.717) is 18.8 Å². The van der Waals surface area contributed by atoms with E-state index in [2.05, 4.69) is 5.16 Å². The van der Waals surface area contributed by atoms with Crippen molar-refractivity contribution in [3.63, 3.8) is 0 Å². The molecule has 0 radical (unpaired) electrons. The van der Waals surface area contributed by atoms with Gasteiger partial charge in [0.1, 0.15) is 12.3 Å². The van der Waals surface area contributed by atoms with E-state index in [1.54, 1.807) is 11.8 Å². The van der Waals surface area contributed by atoms with Crippen molar-refractivity contribution in [3.8, 4) is 0 Å². The Morgan fingerprint density at radius 3 is 2.24 bits per heavy atom. The molecule has 1 amide bonds. The summed E-state index contributed by atoms with van der Waals surface area (Å²) < 4.78 is 29.6. The van der Waals surface area contributed by atoms with Crippen LogP contribution in [-0.4, -0.2) is 50.3 Å². The quantitative estimate of drug-likeness (QED) is 0.723. The molecule has 0 saturated heterocycles. The number of rotatable bonds is 8. The van der Waals surface area contributed by atoms with Gasteiger partial charge in [0.15, 0.2) is 5.82 Å². The minimum atomic E-state index is -3.60. The predicted molar refractivity (Wildman–Crippen MR) is 80.6 cm³/mol. The van der Waals surface area contributed by atoms with Crippen molar-refractivity contribution >= 4 is 21.7 Å². The third kappa shape index (κ3) is 5.04. The summed E-state index contributed by atoms with van der Waals surface area (Å²) in [6, 6.07) is 1.50. The third-order valence-corrected chi connectivity index (χ3v) is 4.01. The van der Waals surface area contributed by atoms with Gasteiger partial charge in [-0.15, -0.1) is 0 Å². The summed E-state index contributed by atoms with van der Waals surface area (Å²) in [6.07, 6.45) is 2.70. The number of aryl methyl sites for hydroxylation is 1.